The summed E-state index contributed by atoms with van der Waals surface area (Å²) in [7, 11) is 0. The fourth-order valence-corrected chi connectivity index (χ4v) is 4.68. The van der Waals surface area contributed by atoms with E-state index in [1.54, 1.807) is 6.92 Å². The second-order valence-corrected chi connectivity index (χ2v) is 10.9. The Bertz CT molecular complexity index is 944. The van der Waals surface area contributed by atoms with Crippen molar-refractivity contribution >= 4 is 29.2 Å². The minimum Gasteiger partial charge on any atom is -0.457 e. The summed E-state index contributed by atoms with van der Waals surface area (Å²) >= 11 is 1.38. The van der Waals surface area contributed by atoms with Crippen molar-refractivity contribution in [2.75, 3.05) is 0 Å². The molecule has 0 aliphatic carbocycles. The van der Waals surface area contributed by atoms with Crippen molar-refractivity contribution < 1.29 is 24.5 Å². The molecule has 6 nitrogen and oxygen atoms in total. The molecule has 4 atom stereocenters. The van der Waals surface area contributed by atoms with Crippen molar-refractivity contribution in [1.82, 2.24) is 4.98 Å². The average Bonchev–Trinajstić information content (AvgIpc) is 3.37. The van der Waals surface area contributed by atoms with E-state index >= 15 is 0 Å². The van der Waals surface area contributed by atoms with Gasteiger partial charge >= 0.3 is 5.97 Å². The number of Topliss-reactive ketones (excluding diaryl/α,β-unsaturated/α-hetero) is 1. The highest BCUT2D eigenvalue weighted by Crippen LogP contribution is 2.31. The molecule has 0 saturated heterocycles. The number of aliphatic hydroxyl groups is 2. The molecule has 2 N–H and O–H groups in total. The standard InChI is InChI=1S/C27H39NO5S.2C2H6/c1-17-8-7-9-18(2)25(31)20(4)26(32)27(5,6)13-12-24(30)33-22(11-10-17)19(3)14-21-16-34-23(15-29)28-21;2*1-2/h7,9-10,14,16,18,20,22,25,29,31H,8,11-13,15H2,1-6H3;2*1-2H3/b9-7+,17-10-,19-14+;;/t18?,20-,22?,25?;;/m1../s1. The van der Waals surface area contributed by atoms with Gasteiger partial charge in [-0.05, 0) is 38.3 Å². The molecule has 0 amide bonds. The van der Waals surface area contributed by atoms with Crippen LogP contribution in [-0.4, -0.2) is 39.2 Å². The van der Waals surface area contributed by atoms with Gasteiger partial charge in [-0.3, -0.25) is 9.59 Å². The third-order valence-corrected chi connectivity index (χ3v) is 7.36. The van der Waals surface area contributed by atoms with Crippen molar-refractivity contribution in [2.45, 2.75) is 114 Å². The van der Waals surface area contributed by atoms with Gasteiger partial charge < -0.3 is 14.9 Å². The molecule has 0 saturated carbocycles. The van der Waals surface area contributed by atoms with Crippen LogP contribution < -0.4 is 0 Å². The van der Waals surface area contributed by atoms with E-state index in [0.29, 0.717) is 24.3 Å². The number of hydrogen-bond acceptors (Lipinski definition) is 7. The summed E-state index contributed by atoms with van der Waals surface area (Å²) in [6.45, 7) is 19.2. The first-order valence-corrected chi connectivity index (χ1v) is 14.8. The number of carbonyl (C=O) groups is 2. The van der Waals surface area contributed by atoms with Crippen LogP contribution in [-0.2, 0) is 20.9 Å². The lowest BCUT2D eigenvalue weighted by Crippen LogP contribution is -2.38. The Balaban J connectivity index is 0.00000326. The zero-order valence-corrected chi connectivity index (χ0v) is 26.0. The van der Waals surface area contributed by atoms with Gasteiger partial charge in [0.15, 0.2) is 0 Å². The van der Waals surface area contributed by atoms with E-state index in [4.69, 9.17) is 4.74 Å². The van der Waals surface area contributed by atoms with Gasteiger partial charge in [0.1, 0.15) is 16.9 Å². The normalized spacial score (nSPS) is 27.5. The number of rotatable bonds is 3. The van der Waals surface area contributed by atoms with Crippen LogP contribution in [0, 0.1) is 17.3 Å². The summed E-state index contributed by atoms with van der Waals surface area (Å²) in [6, 6.07) is 0. The van der Waals surface area contributed by atoms with Crippen LogP contribution in [0.15, 0.2) is 34.8 Å². The van der Waals surface area contributed by atoms with Crippen molar-refractivity contribution in [3.05, 3.63) is 45.5 Å². The molecule has 1 aliphatic rings. The molecule has 0 radical (unpaired) electrons. The number of allylic oxidation sites excluding steroid dienone is 2. The third-order valence-electron chi connectivity index (χ3n) is 6.51. The molecule has 1 aromatic rings. The van der Waals surface area contributed by atoms with E-state index in [0.717, 1.165) is 16.8 Å². The smallest absolute Gasteiger partial charge is 0.306 e. The maximum atomic E-state index is 13.1. The average molecular weight is 550 g/mol. The van der Waals surface area contributed by atoms with Gasteiger partial charge in [0.25, 0.3) is 0 Å². The quantitative estimate of drug-likeness (QED) is 0.303. The maximum Gasteiger partial charge on any atom is 0.306 e. The van der Waals surface area contributed by atoms with Gasteiger partial charge in [0.2, 0.25) is 0 Å². The number of ketones is 1. The summed E-state index contributed by atoms with van der Waals surface area (Å²) in [5, 5.41) is 22.5. The van der Waals surface area contributed by atoms with E-state index in [1.165, 1.54) is 11.3 Å². The molecule has 38 heavy (non-hydrogen) atoms. The van der Waals surface area contributed by atoms with Gasteiger partial charge in [-0.25, -0.2) is 4.98 Å². The number of aromatic nitrogens is 1. The fourth-order valence-electron chi connectivity index (χ4n) is 4.07. The summed E-state index contributed by atoms with van der Waals surface area (Å²) in [5.74, 6) is -1.09. The lowest BCUT2D eigenvalue weighted by atomic mass is 9.75. The lowest BCUT2D eigenvalue weighted by Gasteiger charge is -2.30. The summed E-state index contributed by atoms with van der Waals surface area (Å²) in [4.78, 5) is 30.2. The first-order valence-electron chi connectivity index (χ1n) is 13.9. The van der Waals surface area contributed by atoms with Crippen molar-refractivity contribution in [3.8, 4) is 0 Å². The Labute approximate surface area is 234 Å². The Hall–Kier alpha value is -2.09. The molecule has 3 unspecified atom stereocenters. The predicted molar refractivity (Wildman–Crippen MR) is 159 cm³/mol. The van der Waals surface area contributed by atoms with Gasteiger partial charge in [-0.2, -0.15) is 0 Å². The number of thiazole rings is 1. The maximum absolute atomic E-state index is 13.1. The minimum atomic E-state index is -0.776. The first-order chi connectivity index (χ1) is 17.9. The van der Waals surface area contributed by atoms with E-state index in [9.17, 15) is 19.8 Å². The van der Waals surface area contributed by atoms with Gasteiger partial charge in [-0.15, -0.1) is 11.3 Å². The Morgan fingerprint density at radius 3 is 2.42 bits per heavy atom. The molecule has 216 valence electrons. The summed E-state index contributed by atoms with van der Waals surface area (Å²) in [6.07, 6.45) is 8.42. The molecule has 0 fully saturated rings. The van der Waals surface area contributed by atoms with E-state index < -0.39 is 23.5 Å². The second-order valence-electron chi connectivity index (χ2n) is 10.00. The molecule has 2 heterocycles. The van der Waals surface area contributed by atoms with Crippen LogP contribution in [0.1, 0.15) is 106 Å². The van der Waals surface area contributed by atoms with Crippen LogP contribution in [0.3, 0.4) is 0 Å². The van der Waals surface area contributed by atoms with E-state index in [1.807, 2.05) is 85.9 Å². The number of ether oxygens (including phenoxy) is 1. The number of esters is 1. The minimum absolute atomic E-state index is 0.0490. The second kappa shape index (κ2) is 18.2. The van der Waals surface area contributed by atoms with Crippen LogP contribution in [0.25, 0.3) is 6.08 Å². The van der Waals surface area contributed by atoms with Crippen LogP contribution in [0.4, 0.5) is 0 Å². The van der Waals surface area contributed by atoms with Crippen molar-refractivity contribution in [3.63, 3.8) is 0 Å². The summed E-state index contributed by atoms with van der Waals surface area (Å²) in [5.41, 5.74) is 1.97. The monoisotopic (exact) mass is 549 g/mol. The Morgan fingerprint density at radius 1 is 1.21 bits per heavy atom. The Morgan fingerprint density at radius 2 is 1.84 bits per heavy atom. The van der Waals surface area contributed by atoms with Crippen LogP contribution in [0.2, 0.25) is 0 Å². The van der Waals surface area contributed by atoms with Crippen LogP contribution in [0.5, 0.6) is 0 Å². The molecular formula is C31H51NO5S. The topological polar surface area (TPSA) is 96.7 Å². The van der Waals surface area contributed by atoms with Crippen molar-refractivity contribution in [1.29, 1.82) is 0 Å². The highest BCUT2D eigenvalue weighted by Gasteiger charge is 2.36. The molecule has 1 aromatic heterocycles. The molecule has 1 aliphatic heterocycles. The highest BCUT2D eigenvalue weighted by atomic mass is 32.1. The number of aliphatic hydroxyl groups excluding tert-OH is 2. The number of carbonyl (C=O) groups excluding carboxylic acids is 2. The molecule has 2 rings (SSSR count). The zero-order valence-electron chi connectivity index (χ0n) is 25.2. The van der Waals surface area contributed by atoms with Gasteiger partial charge in [0.05, 0.1) is 18.4 Å². The fraction of sp³-hybridized carbons (Fsp3) is 0.645. The number of cyclic esters (lactones) is 1. The third kappa shape index (κ3) is 11.7. The molecule has 0 bridgehead atoms. The molecular weight excluding hydrogens is 498 g/mol. The Kier molecular flexibility index (Phi) is 17.2. The predicted octanol–water partition coefficient (Wildman–Crippen LogP) is 7.31. The van der Waals surface area contributed by atoms with Crippen LogP contribution >= 0.6 is 11.3 Å². The van der Waals surface area contributed by atoms with Crippen molar-refractivity contribution in [2.24, 2.45) is 17.3 Å². The molecule has 0 spiro atoms. The molecule has 0 aromatic carbocycles. The largest absolute Gasteiger partial charge is 0.457 e. The van der Waals surface area contributed by atoms with Gasteiger partial charge in [0, 0.05) is 35.5 Å². The number of nitrogens with zero attached hydrogens (tertiary/aromatic N) is 1. The molecule has 7 heteroatoms. The number of hydrogen-bond donors (Lipinski definition) is 2. The van der Waals surface area contributed by atoms with E-state index in [2.05, 4.69) is 11.1 Å². The highest BCUT2D eigenvalue weighted by molar-refractivity contribution is 7.09. The summed E-state index contributed by atoms with van der Waals surface area (Å²) < 4.78 is 5.86. The van der Waals surface area contributed by atoms with E-state index in [-0.39, 0.29) is 30.7 Å². The zero-order chi connectivity index (χ0) is 29.5. The van der Waals surface area contributed by atoms with Gasteiger partial charge in [-0.1, -0.05) is 79.2 Å². The lowest BCUT2D eigenvalue weighted by molar-refractivity contribution is -0.148. The SMILES string of the molecule is C/C1=C/CC(/C(C)=C/c2csc(CO)n2)OC(=O)CCC(C)(C)C(=O)[C@H](C)C(O)C(C)/C=C/C1.CC.CC. The first kappa shape index (κ1) is 35.9.